The maximum Gasteiger partial charge on any atom is 0.0302 e. The van der Waals surface area contributed by atoms with E-state index in [0.29, 0.717) is 0 Å². The van der Waals surface area contributed by atoms with Crippen molar-refractivity contribution in [3.8, 4) is 0 Å². The third kappa shape index (κ3) is 2.42. The minimum Gasteiger partial charge on any atom is -0.326 e. The van der Waals surface area contributed by atoms with Crippen LogP contribution in [0.15, 0.2) is 0 Å². The highest BCUT2D eigenvalue weighted by atomic mass is 15.3. The first-order valence-electron chi connectivity index (χ1n) is 5.14. The van der Waals surface area contributed by atoms with E-state index in [4.69, 9.17) is 5.73 Å². The zero-order chi connectivity index (χ0) is 10.1. The molecule has 78 valence electrons. The molecule has 1 saturated heterocycles. The van der Waals surface area contributed by atoms with Crippen molar-refractivity contribution in [3.63, 3.8) is 0 Å². The van der Waals surface area contributed by atoms with E-state index in [2.05, 4.69) is 37.6 Å². The molecular weight excluding hydrogens is 162 g/mol. The summed E-state index contributed by atoms with van der Waals surface area (Å²) >= 11 is 0. The Morgan fingerprint density at radius 1 is 1.15 bits per heavy atom. The highest BCUT2D eigenvalue weighted by Crippen LogP contribution is 2.19. The van der Waals surface area contributed by atoms with Gasteiger partial charge in [-0.2, -0.15) is 0 Å². The molecular formula is C10H23N3. The largest absolute Gasteiger partial charge is 0.326 e. The molecule has 1 heterocycles. The molecule has 1 fully saturated rings. The van der Waals surface area contributed by atoms with E-state index < -0.39 is 0 Å². The molecule has 0 saturated carbocycles. The van der Waals surface area contributed by atoms with Gasteiger partial charge in [-0.25, -0.2) is 0 Å². The Bertz CT molecular complexity index is 158. The zero-order valence-corrected chi connectivity index (χ0v) is 9.38. The van der Waals surface area contributed by atoms with E-state index in [1.165, 1.54) is 0 Å². The molecule has 0 aliphatic carbocycles. The van der Waals surface area contributed by atoms with Gasteiger partial charge in [0.15, 0.2) is 0 Å². The summed E-state index contributed by atoms with van der Waals surface area (Å²) in [7, 11) is 2.18. The van der Waals surface area contributed by atoms with Gasteiger partial charge >= 0.3 is 0 Å². The van der Waals surface area contributed by atoms with Crippen LogP contribution in [-0.2, 0) is 0 Å². The van der Waals surface area contributed by atoms with Crippen molar-refractivity contribution in [3.05, 3.63) is 0 Å². The molecule has 3 nitrogen and oxygen atoms in total. The maximum absolute atomic E-state index is 5.98. The third-order valence-corrected chi connectivity index (χ3v) is 3.43. The molecule has 0 aromatic carbocycles. The van der Waals surface area contributed by atoms with Gasteiger partial charge in [0.2, 0.25) is 0 Å². The number of rotatable bonds is 2. The van der Waals surface area contributed by atoms with E-state index >= 15 is 0 Å². The lowest BCUT2D eigenvalue weighted by molar-refractivity contribution is 0.0492. The van der Waals surface area contributed by atoms with E-state index in [9.17, 15) is 0 Å². The minimum atomic E-state index is 0.140. The molecule has 1 aliphatic rings. The highest BCUT2D eigenvalue weighted by molar-refractivity contribution is 4.91. The van der Waals surface area contributed by atoms with Crippen molar-refractivity contribution in [2.75, 3.05) is 33.2 Å². The predicted octanol–water partition coefficient (Wildman–Crippen LogP) is 0.360. The van der Waals surface area contributed by atoms with Crippen LogP contribution < -0.4 is 5.73 Å². The van der Waals surface area contributed by atoms with Crippen molar-refractivity contribution in [1.29, 1.82) is 0 Å². The number of hydrogen-bond donors (Lipinski definition) is 1. The average molecular weight is 185 g/mol. The Balaban J connectivity index is 2.52. The van der Waals surface area contributed by atoms with Crippen LogP contribution in [0.1, 0.15) is 20.8 Å². The molecule has 0 aromatic heterocycles. The second kappa shape index (κ2) is 3.95. The first-order chi connectivity index (χ1) is 5.94. The van der Waals surface area contributed by atoms with Crippen LogP contribution in [0.4, 0.5) is 0 Å². The number of likely N-dealkylation sites (N-methyl/N-ethyl adjacent to an activating group) is 1. The van der Waals surface area contributed by atoms with Gasteiger partial charge in [-0.05, 0) is 27.8 Å². The molecule has 2 N–H and O–H groups in total. The summed E-state index contributed by atoms with van der Waals surface area (Å²) in [6, 6.07) is 0.232. The quantitative estimate of drug-likeness (QED) is 0.674. The number of nitrogens with zero attached hydrogens (tertiary/aromatic N) is 2. The van der Waals surface area contributed by atoms with Crippen LogP contribution in [0, 0.1) is 0 Å². The van der Waals surface area contributed by atoms with Gasteiger partial charge in [0.25, 0.3) is 0 Å². The lowest BCUT2D eigenvalue weighted by Gasteiger charge is -2.45. The Labute approximate surface area is 81.9 Å². The van der Waals surface area contributed by atoms with Crippen molar-refractivity contribution in [2.24, 2.45) is 5.73 Å². The summed E-state index contributed by atoms with van der Waals surface area (Å²) < 4.78 is 0. The van der Waals surface area contributed by atoms with Crippen LogP contribution in [0.3, 0.4) is 0 Å². The Morgan fingerprint density at radius 2 is 1.62 bits per heavy atom. The molecule has 1 aliphatic heterocycles. The van der Waals surface area contributed by atoms with Gasteiger partial charge in [0.05, 0.1) is 0 Å². The monoisotopic (exact) mass is 185 g/mol. The van der Waals surface area contributed by atoms with Gasteiger partial charge in [0.1, 0.15) is 0 Å². The van der Waals surface area contributed by atoms with Crippen LogP contribution in [0.5, 0.6) is 0 Å². The van der Waals surface area contributed by atoms with E-state index in [1.807, 2.05) is 0 Å². The normalized spacial score (nSPS) is 24.7. The van der Waals surface area contributed by atoms with E-state index in [1.54, 1.807) is 0 Å². The van der Waals surface area contributed by atoms with Crippen molar-refractivity contribution in [1.82, 2.24) is 9.80 Å². The van der Waals surface area contributed by atoms with Crippen LogP contribution in [-0.4, -0.2) is 54.6 Å². The van der Waals surface area contributed by atoms with Gasteiger partial charge in [-0.3, -0.25) is 4.90 Å². The molecule has 0 amide bonds. The highest BCUT2D eigenvalue weighted by Gasteiger charge is 2.31. The van der Waals surface area contributed by atoms with Gasteiger partial charge in [-0.15, -0.1) is 0 Å². The molecule has 0 bridgehead atoms. The zero-order valence-electron chi connectivity index (χ0n) is 9.38. The van der Waals surface area contributed by atoms with Crippen molar-refractivity contribution < 1.29 is 0 Å². The van der Waals surface area contributed by atoms with Gasteiger partial charge in [0, 0.05) is 37.8 Å². The van der Waals surface area contributed by atoms with Crippen molar-refractivity contribution >= 4 is 0 Å². The fourth-order valence-corrected chi connectivity index (χ4v) is 1.67. The standard InChI is InChI=1S/C10H23N3/c1-9(11)10(2,3)13-7-5-12(4)6-8-13/h9H,5-8,11H2,1-4H3. The van der Waals surface area contributed by atoms with Crippen LogP contribution >= 0.6 is 0 Å². The second-order valence-corrected chi connectivity index (χ2v) is 4.73. The number of nitrogens with two attached hydrogens (primary N) is 1. The summed E-state index contributed by atoms with van der Waals surface area (Å²) in [5.41, 5.74) is 6.12. The summed E-state index contributed by atoms with van der Waals surface area (Å²) in [6.07, 6.45) is 0. The second-order valence-electron chi connectivity index (χ2n) is 4.73. The van der Waals surface area contributed by atoms with E-state index in [-0.39, 0.29) is 11.6 Å². The lowest BCUT2D eigenvalue weighted by Crippen LogP contribution is -2.60. The lowest BCUT2D eigenvalue weighted by atomic mass is 9.93. The summed E-state index contributed by atoms with van der Waals surface area (Å²) in [6.45, 7) is 11.2. The van der Waals surface area contributed by atoms with Gasteiger partial charge in [-0.1, -0.05) is 0 Å². The minimum absolute atomic E-state index is 0.140. The molecule has 0 spiro atoms. The van der Waals surface area contributed by atoms with Crippen LogP contribution in [0.25, 0.3) is 0 Å². The molecule has 1 atom stereocenters. The fraction of sp³-hybridized carbons (Fsp3) is 1.00. The smallest absolute Gasteiger partial charge is 0.0302 e. The Morgan fingerprint density at radius 3 is 2.00 bits per heavy atom. The molecule has 0 aromatic rings. The SMILES string of the molecule is CC(N)C(C)(C)N1CCN(C)CC1. The molecule has 0 radical (unpaired) electrons. The third-order valence-electron chi connectivity index (χ3n) is 3.43. The number of piperazine rings is 1. The molecule has 3 heteroatoms. The Hall–Kier alpha value is -0.120. The van der Waals surface area contributed by atoms with E-state index in [0.717, 1.165) is 26.2 Å². The first kappa shape index (κ1) is 11.0. The summed E-state index contributed by atoms with van der Waals surface area (Å²) in [4.78, 5) is 4.87. The fourth-order valence-electron chi connectivity index (χ4n) is 1.67. The summed E-state index contributed by atoms with van der Waals surface area (Å²) in [5.74, 6) is 0. The topological polar surface area (TPSA) is 32.5 Å². The maximum atomic E-state index is 5.98. The molecule has 1 rings (SSSR count). The Kier molecular flexibility index (Phi) is 3.33. The predicted molar refractivity (Wildman–Crippen MR) is 56.8 cm³/mol. The first-order valence-corrected chi connectivity index (χ1v) is 5.14. The molecule has 1 unspecified atom stereocenters. The summed E-state index contributed by atoms with van der Waals surface area (Å²) in [5, 5.41) is 0. The van der Waals surface area contributed by atoms with Gasteiger partial charge < -0.3 is 10.6 Å². The average Bonchev–Trinajstić information content (AvgIpc) is 2.04. The van der Waals surface area contributed by atoms with Crippen molar-refractivity contribution in [2.45, 2.75) is 32.4 Å². The molecule has 13 heavy (non-hydrogen) atoms. The number of hydrogen-bond acceptors (Lipinski definition) is 3. The van der Waals surface area contributed by atoms with Crippen LogP contribution in [0.2, 0.25) is 0 Å².